The molecule has 0 amide bonds. The monoisotopic (exact) mass is 181 g/mol. The van der Waals surface area contributed by atoms with Gasteiger partial charge in [-0.25, -0.2) is 0 Å². The normalized spacial score (nSPS) is 12.8. The Balaban J connectivity index is 3.05. The topological polar surface area (TPSA) is 84.3 Å². The van der Waals surface area contributed by atoms with Gasteiger partial charge in [-0.05, 0) is 18.7 Å². The number of para-hydroxylation sites is 1. The van der Waals surface area contributed by atoms with Crippen molar-refractivity contribution in [3.63, 3.8) is 0 Å². The molecule has 0 radical (unpaired) electrons. The Labute approximate surface area is 77.6 Å². The van der Waals surface area contributed by atoms with Crippen molar-refractivity contribution in [1.29, 1.82) is 0 Å². The highest BCUT2D eigenvalue weighted by molar-refractivity contribution is 5.67. The van der Waals surface area contributed by atoms with E-state index in [0.29, 0.717) is 11.4 Å². The minimum absolute atomic E-state index is 0.00412. The van der Waals surface area contributed by atoms with Crippen LogP contribution in [0.15, 0.2) is 18.2 Å². The van der Waals surface area contributed by atoms with Gasteiger partial charge in [0.05, 0.1) is 24.0 Å². The average molecular weight is 181 g/mol. The highest BCUT2D eigenvalue weighted by Crippen LogP contribution is 2.24. The molecule has 0 aliphatic carbocycles. The smallest absolute Gasteiger partial charge is 0.0627 e. The summed E-state index contributed by atoms with van der Waals surface area (Å²) in [5.41, 5.74) is 13.3. The molecular formula is C9H15N3O. The van der Waals surface area contributed by atoms with E-state index in [-0.39, 0.29) is 12.6 Å². The average Bonchev–Trinajstić information content (AvgIpc) is 2.14. The van der Waals surface area contributed by atoms with Gasteiger partial charge in [-0.2, -0.15) is 0 Å². The molecule has 4 heteroatoms. The minimum Gasteiger partial charge on any atom is -0.397 e. The number of likely N-dealkylation sites (N-methyl/N-ethyl adjacent to an activating group) is 1. The van der Waals surface area contributed by atoms with Crippen LogP contribution in [0, 0.1) is 0 Å². The number of rotatable bonds is 3. The third-order valence-corrected chi connectivity index (χ3v) is 2.08. The lowest BCUT2D eigenvalue weighted by Gasteiger charge is -2.16. The number of nitrogens with two attached hydrogens (primary N) is 2. The lowest BCUT2D eigenvalue weighted by atomic mass is 10.0. The van der Waals surface area contributed by atoms with Crippen molar-refractivity contribution < 1.29 is 5.11 Å². The largest absolute Gasteiger partial charge is 0.397 e. The molecule has 0 saturated heterocycles. The number of nitrogens with one attached hydrogen (secondary N) is 1. The molecule has 13 heavy (non-hydrogen) atoms. The van der Waals surface area contributed by atoms with Crippen LogP contribution in [0.1, 0.15) is 11.6 Å². The Morgan fingerprint density at radius 2 is 2.15 bits per heavy atom. The molecule has 0 bridgehead atoms. The fraction of sp³-hybridized carbons (Fsp3) is 0.333. The first-order valence-electron chi connectivity index (χ1n) is 4.12. The van der Waals surface area contributed by atoms with Gasteiger partial charge in [0.25, 0.3) is 0 Å². The van der Waals surface area contributed by atoms with E-state index in [4.69, 9.17) is 16.6 Å². The van der Waals surface area contributed by atoms with E-state index in [0.717, 1.165) is 5.56 Å². The van der Waals surface area contributed by atoms with Gasteiger partial charge >= 0.3 is 0 Å². The molecule has 6 N–H and O–H groups in total. The fourth-order valence-electron chi connectivity index (χ4n) is 1.25. The third-order valence-electron chi connectivity index (χ3n) is 2.08. The minimum atomic E-state index is -0.150. The van der Waals surface area contributed by atoms with Gasteiger partial charge in [0.15, 0.2) is 0 Å². The number of hydrogen-bond acceptors (Lipinski definition) is 4. The maximum Gasteiger partial charge on any atom is 0.0627 e. The molecule has 1 aromatic rings. The molecule has 1 rings (SSSR count). The molecule has 0 aliphatic heterocycles. The summed E-state index contributed by atoms with van der Waals surface area (Å²) in [5.74, 6) is 0. The Kier molecular flexibility index (Phi) is 3.11. The second-order valence-electron chi connectivity index (χ2n) is 2.87. The molecule has 0 aromatic heterocycles. The van der Waals surface area contributed by atoms with Crippen LogP contribution in [0.25, 0.3) is 0 Å². The second kappa shape index (κ2) is 4.11. The lowest BCUT2D eigenvalue weighted by molar-refractivity contribution is 0.251. The Hall–Kier alpha value is -1.26. The molecule has 0 spiro atoms. The van der Waals surface area contributed by atoms with E-state index in [2.05, 4.69) is 5.32 Å². The summed E-state index contributed by atoms with van der Waals surface area (Å²) in [6, 6.07) is 5.26. The zero-order valence-electron chi connectivity index (χ0n) is 7.62. The van der Waals surface area contributed by atoms with E-state index >= 15 is 0 Å². The third kappa shape index (κ3) is 1.91. The van der Waals surface area contributed by atoms with Crippen LogP contribution < -0.4 is 16.8 Å². The summed E-state index contributed by atoms with van der Waals surface area (Å²) in [6.45, 7) is 0.00412. The lowest BCUT2D eigenvalue weighted by Crippen LogP contribution is -2.21. The molecule has 0 heterocycles. The molecule has 0 aliphatic rings. The zero-order chi connectivity index (χ0) is 9.84. The van der Waals surface area contributed by atoms with Gasteiger partial charge in [-0.15, -0.1) is 0 Å². The molecule has 72 valence electrons. The zero-order valence-corrected chi connectivity index (χ0v) is 7.62. The Morgan fingerprint density at radius 3 is 2.69 bits per heavy atom. The van der Waals surface area contributed by atoms with Crippen LogP contribution in [0.5, 0.6) is 0 Å². The summed E-state index contributed by atoms with van der Waals surface area (Å²) in [4.78, 5) is 0. The number of benzene rings is 1. The van der Waals surface area contributed by atoms with E-state index in [1.165, 1.54) is 0 Å². The summed E-state index contributed by atoms with van der Waals surface area (Å²) in [5, 5.41) is 12.0. The van der Waals surface area contributed by atoms with Crippen LogP contribution >= 0.6 is 0 Å². The van der Waals surface area contributed by atoms with E-state index in [9.17, 15) is 0 Å². The predicted octanol–water partition coefficient (Wildman–Crippen LogP) is 0.104. The van der Waals surface area contributed by atoms with Crippen molar-refractivity contribution in [3.05, 3.63) is 23.8 Å². The first-order valence-corrected chi connectivity index (χ1v) is 4.12. The highest BCUT2D eigenvalue weighted by atomic mass is 16.3. The van der Waals surface area contributed by atoms with Crippen molar-refractivity contribution in [2.45, 2.75) is 6.04 Å². The van der Waals surface area contributed by atoms with Crippen LogP contribution in [-0.2, 0) is 0 Å². The summed E-state index contributed by atoms with van der Waals surface area (Å²) < 4.78 is 0. The van der Waals surface area contributed by atoms with Crippen molar-refractivity contribution in [1.82, 2.24) is 5.32 Å². The summed E-state index contributed by atoms with van der Waals surface area (Å²) in [6.07, 6.45) is 0. The Bertz CT molecular complexity index is 284. The maximum atomic E-state index is 9.04. The first kappa shape index (κ1) is 9.83. The highest BCUT2D eigenvalue weighted by Gasteiger charge is 2.11. The van der Waals surface area contributed by atoms with Crippen LogP contribution in [0.4, 0.5) is 11.4 Å². The van der Waals surface area contributed by atoms with Crippen molar-refractivity contribution >= 4 is 11.4 Å². The van der Waals surface area contributed by atoms with Gasteiger partial charge in [-0.3, -0.25) is 0 Å². The SMILES string of the molecule is CN[C@@H](CO)c1cccc(N)c1N. The van der Waals surface area contributed by atoms with Gasteiger partial charge in [0, 0.05) is 0 Å². The fourth-order valence-corrected chi connectivity index (χ4v) is 1.25. The summed E-state index contributed by atoms with van der Waals surface area (Å²) in [7, 11) is 1.77. The van der Waals surface area contributed by atoms with Gasteiger partial charge in [0.1, 0.15) is 0 Å². The number of aliphatic hydroxyl groups is 1. The number of hydrogen-bond donors (Lipinski definition) is 4. The molecule has 1 atom stereocenters. The van der Waals surface area contributed by atoms with E-state index in [1.54, 1.807) is 13.1 Å². The quantitative estimate of drug-likeness (QED) is 0.498. The Morgan fingerprint density at radius 1 is 1.46 bits per heavy atom. The van der Waals surface area contributed by atoms with Crippen LogP contribution in [-0.4, -0.2) is 18.8 Å². The predicted molar refractivity (Wildman–Crippen MR) is 54.2 cm³/mol. The second-order valence-corrected chi connectivity index (χ2v) is 2.87. The standard InChI is InChI=1S/C9H15N3O/c1-12-8(5-13)6-3-2-4-7(10)9(6)11/h2-4,8,12-13H,5,10-11H2,1H3/t8-/m0/s1. The number of nitrogen functional groups attached to an aromatic ring is 2. The molecule has 0 unspecified atom stereocenters. The van der Waals surface area contributed by atoms with E-state index < -0.39 is 0 Å². The first-order chi connectivity index (χ1) is 6.20. The summed E-state index contributed by atoms with van der Waals surface area (Å²) >= 11 is 0. The van der Waals surface area contributed by atoms with Gasteiger partial charge in [-0.1, -0.05) is 12.1 Å². The molecular weight excluding hydrogens is 166 g/mol. The van der Waals surface area contributed by atoms with Gasteiger partial charge < -0.3 is 21.9 Å². The molecule has 4 nitrogen and oxygen atoms in total. The number of anilines is 2. The van der Waals surface area contributed by atoms with Crippen LogP contribution in [0.2, 0.25) is 0 Å². The maximum absolute atomic E-state index is 9.04. The molecule has 0 saturated carbocycles. The van der Waals surface area contributed by atoms with Crippen molar-refractivity contribution in [2.75, 3.05) is 25.1 Å². The van der Waals surface area contributed by atoms with E-state index in [1.807, 2.05) is 12.1 Å². The van der Waals surface area contributed by atoms with Crippen LogP contribution in [0.3, 0.4) is 0 Å². The van der Waals surface area contributed by atoms with Gasteiger partial charge in [0.2, 0.25) is 0 Å². The van der Waals surface area contributed by atoms with Crippen molar-refractivity contribution in [3.8, 4) is 0 Å². The number of aliphatic hydroxyl groups excluding tert-OH is 1. The molecule has 1 aromatic carbocycles. The van der Waals surface area contributed by atoms with Crippen molar-refractivity contribution in [2.24, 2.45) is 0 Å². The molecule has 0 fully saturated rings.